The van der Waals surface area contributed by atoms with Crippen LogP contribution in [0.2, 0.25) is 0 Å². The number of Topliss-reactive ketones (excluding diaryl/α,β-unsaturated/α-hetero) is 1. The second kappa shape index (κ2) is 7.02. The van der Waals surface area contributed by atoms with Gasteiger partial charge in [-0.1, -0.05) is 12.1 Å². The van der Waals surface area contributed by atoms with E-state index in [0.717, 1.165) is 11.3 Å². The molecule has 0 aliphatic carbocycles. The summed E-state index contributed by atoms with van der Waals surface area (Å²) in [6, 6.07) is 7.62. The molecule has 1 atom stereocenters. The van der Waals surface area contributed by atoms with Crippen LogP contribution < -0.4 is 4.74 Å². The normalized spacial score (nSPS) is 18.7. The molecule has 1 aromatic carbocycles. The van der Waals surface area contributed by atoms with Crippen LogP contribution in [0.1, 0.15) is 45.6 Å². The Bertz CT molecular complexity index is 559. The van der Waals surface area contributed by atoms with Crippen molar-refractivity contribution in [1.29, 1.82) is 0 Å². The van der Waals surface area contributed by atoms with Gasteiger partial charge in [-0.25, -0.2) is 4.79 Å². The quantitative estimate of drug-likeness (QED) is 0.857. The lowest BCUT2D eigenvalue weighted by molar-refractivity contribution is -0.123. The summed E-state index contributed by atoms with van der Waals surface area (Å²) in [4.78, 5) is 25.9. The number of ketones is 1. The first-order valence-electron chi connectivity index (χ1n) is 8.03. The van der Waals surface area contributed by atoms with Gasteiger partial charge in [0.2, 0.25) is 0 Å². The number of carbonyl (C=O) groups is 2. The minimum absolute atomic E-state index is 0.0475. The first-order valence-corrected chi connectivity index (χ1v) is 8.03. The molecule has 1 aliphatic rings. The standard InChI is InChI=1S/C18H25NO4/c1-5-22-14-8-6-13(7-9-14)15-10-11-19(12-16(15)20)17(21)23-18(2,3)4/h6-9,15H,5,10-12H2,1-4H3. The van der Waals surface area contributed by atoms with Gasteiger partial charge in [0.05, 0.1) is 13.2 Å². The van der Waals surface area contributed by atoms with Gasteiger partial charge < -0.3 is 14.4 Å². The monoisotopic (exact) mass is 319 g/mol. The van der Waals surface area contributed by atoms with Crippen LogP contribution >= 0.6 is 0 Å². The van der Waals surface area contributed by atoms with E-state index in [1.807, 2.05) is 52.0 Å². The first kappa shape index (κ1) is 17.3. The number of hydrogen-bond donors (Lipinski definition) is 0. The maximum absolute atomic E-state index is 12.4. The number of hydrogen-bond acceptors (Lipinski definition) is 4. The molecule has 1 unspecified atom stereocenters. The minimum Gasteiger partial charge on any atom is -0.494 e. The van der Waals surface area contributed by atoms with Crippen molar-refractivity contribution in [3.63, 3.8) is 0 Å². The van der Waals surface area contributed by atoms with Gasteiger partial charge in [-0.05, 0) is 51.8 Å². The zero-order valence-electron chi connectivity index (χ0n) is 14.3. The summed E-state index contributed by atoms with van der Waals surface area (Å²) in [6.45, 7) is 8.64. The highest BCUT2D eigenvalue weighted by atomic mass is 16.6. The number of amides is 1. The second-order valence-corrected chi connectivity index (χ2v) is 6.71. The number of nitrogens with zero attached hydrogens (tertiary/aromatic N) is 1. The van der Waals surface area contributed by atoms with Crippen LogP contribution in [0.3, 0.4) is 0 Å². The highest BCUT2D eigenvalue weighted by Gasteiger charge is 2.32. The molecule has 0 bridgehead atoms. The SMILES string of the molecule is CCOc1ccc(C2CCN(C(=O)OC(C)(C)C)CC2=O)cc1. The average molecular weight is 319 g/mol. The minimum atomic E-state index is -0.550. The van der Waals surface area contributed by atoms with Crippen LogP contribution in [0.15, 0.2) is 24.3 Å². The smallest absolute Gasteiger partial charge is 0.410 e. The van der Waals surface area contributed by atoms with E-state index in [0.29, 0.717) is 19.6 Å². The Hall–Kier alpha value is -2.04. The van der Waals surface area contributed by atoms with Crippen molar-refractivity contribution >= 4 is 11.9 Å². The number of likely N-dealkylation sites (tertiary alicyclic amines) is 1. The Morgan fingerprint density at radius 2 is 1.91 bits per heavy atom. The number of carbonyl (C=O) groups excluding carboxylic acids is 2. The molecule has 0 aromatic heterocycles. The highest BCUT2D eigenvalue weighted by molar-refractivity contribution is 5.90. The zero-order chi connectivity index (χ0) is 17.0. The molecule has 0 radical (unpaired) electrons. The Balaban J connectivity index is 1.98. The maximum atomic E-state index is 12.4. The molecule has 0 saturated carbocycles. The van der Waals surface area contributed by atoms with E-state index >= 15 is 0 Å². The van der Waals surface area contributed by atoms with E-state index in [1.165, 1.54) is 4.90 Å². The first-order chi connectivity index (χ1) is 10.8. The molecule has 1 fully saturated rings. The zero-order valence-corrected chi connectivity index (χ0v) is 14.3. The lowest BCUT2D eigenvalue weighted by Crippen LogP contribution is -2.45. The fraction of sp³-hybridized carbons (Fsp3) is 0.556. The molecule has 126 valence electrons. The Morgan fingerprint density at radius 1 is 1.26 bits per heavy atom. The third-order valence-electron chi connectivity index (χ3n) is 3.67. The van der Waals surface area contributed by atoms with E-state index in [-0.39, 0.29) is 18.2 Å². The molecule has 0 spiro atoms. The Kier molecular flexibility index (Phi) is 5.29. The van der Waals surface area contributed by atoms with Gasteiger partial charge in [0, 0.05) is 12.5 Å². The fourth-order valence-corrected chi connectivity index (χ4v) is 2.62. The van der Waals surface area contributed by atoms with E-state index < -0.39 is 11.7 Å². The fourth-order valence-electron chi connectivity index (χ4n) is 2.62. The number of ether oxygens (including phenoxy) is 2. The van der Waals surface area contributed by atoms with Crippen molar-refractivity contribution in [1.82, 2.24) is 4.90 Å². The van der Waals surface area contributed by atoms with Crippen LogP contribution in [-0.4, -0.2) is 42.1 Å². The van der Waals surface area contributed by atoms with Gasteiger partial charge in [0.15, 0.2) is 5.78 Å². The van der Waals surface area contributed by atoms with Gasteiger partial charge in [-0.15, -0.1) is 0 Å². The lowest BCUT2D eigenvalue weighted by Gasteiger charge is -2.32. The predicted molar refractivity (Wildman–Crippen MR) is 87.8 cm³/mol. The van der Waals surface area contributed by atoms with Crippen molar-refractivity contribution in [3.8, 4) is 5.75 Å². The van der Waals surface area contributed by atoms with Crippen molar-refractivity contribution in [2.75, 3.05) is 19.7 Å². The summed E-state index contributed by atoms with van der Waals surface area (Å²) < 4.78 is 10.7. The van der Waals surface area contributed by atoms with Crippen LogP contribution in [0.25, 0.3) is 0 Å². The molecule has 0 N–H and O–H groups in total. The van der Waals surface area contributed by atoms with E-state index in [2.05, 4.69) is 0 Å². The molecule has 5 heteroatoms. The van der Waals surface area contributed by atoms with Crippen LogP contribution in [0, 0.1) is 0 Å². The van der Waals surface area contributed by atoms with Crippen LogP contribution in [0.4, 0.5) is 4.79 Å². The topological polar surface area (TPSA) is 55.8 Å². The average Bonchev–Trinajstić information content (AvgIpc) is 2.47. The van der Waals surface area contributed by atoms with E-state index in [1.54, 1.807) is 0 Å². The number of rotatable bonds is 3. The molecule has 1 saturated heterocycles. The molecule has 1 aromatic rings. The summed E-state index contributed by atoms with van der Waals surface area (Å²) in [5, 5.41) is 0. The lowest BCUT2D eigenvalue weighted by atomic mass is 9.88. The molecule has 23 heavy (non-hydrogen) atoms. The molecule has 1 heterocycles. The summed E-state index contributed by atoms with van der Waals surface area (Å²) >= 11 is 0. The Labute approximate surface area is 137 Å². The van der Waals surface area contributed by atoms with Gasteiger partial charge in [0.1, 0.15) is 11.4 Å². The third kappa shape index (κ3) is 4.71. The van der Waals surface area contributed by atoms with E-state index in [4.69, 9.17) is 9.47 Å². The highest BCUT2D eigenvalue weighted by Crippen LogP contribution is 2.27. The molecule has 5 nitrogen and oxygen atoms in total. The second-order valence-electron chi connectivity index (χ2n) is 6.71. The van der Waals surface area contributed by atoms with Crippen molar-refractivity contribution in [3.05, 3.63) is 29.8 Å². The van der Waals surface area contributed by atoms with Crippen LogP contribution in [-0.2, 0) is 9.53 Å². The van der Waals surface area contributed by atoms with E-state index in [9.17, 15) is 9.59 Å². The number of piperidine rings is 1. The molecule has 2 rings (SSSR count). The van der Waals surface area contributed by atoms with Gasteiger partial charge in [-0.3, -0.25) is 4.79 Å². The third-order valence-corrected chi connectivity index (χ3v) is 3.67. The maximum Gasteiger partial charge on any atom is 0.410 e. The summed E-state index contributed by atoms with van der Waals surface area (Å²) in [5.74, 6) is 0.686. The largest absolute Gasteiger partial charge is 0.494 e. The van der Waals surface area contributed by atoms with Gasteiger partial charge >= 0.3 is 6.09 Å². The van der Waals surface area contributed by atoms with Crippen molar-refractivity contribution in [2.45, 2.75) is 45.6 Å². The molecular weight excluding hydrogens is 294 g/mol. The molecule has 1 amide bonds. The predicted octanol–water partition coefficient (Wildman–Crippen LogP) is 3.38. The summed E-state index contributed by atoms with van der Waals surface area (Å²) in [5.41, 5.74) is 0.425. The van der Waals surface area contributed by atoms with Crippen molar-refractivity contribution in [2.24, 2.45) is 0 Å². The van der Waals surface area contributed by atoms with Gasteiger partial charge in [-0.2, -0.15) is 0 Å². The Morgan fingerprint density at radius 3 is 2.43 bits per heavy atom. The van der Waals surface area contributed by atoms with Crippen LogP contribution in [0.5, 0.6) is 5.75 Å². The summed E-state index contributed by atoms with van der Waals surface area (Å²) in [7, 11) is 0. The molecule has 1 aliphatic heterocycles. The number of benzene rings is 1. The molecular formula is C18H25NO4. The van der Waals surface area contributed by atoms with Crippen molar-refractivity contribution < 1.29 is 19.1 Å². The summed E-state index contributed by atoms with van der Waals surface area (Å²) in [6.07, 6.45) is 0.197. The van der Waals surface area contributed by atoms with Gasteiger partial charge in [0.25, 0.3) is 0 Å².